The van der Waals surface area contributed by atoms with E-state index in [-0.39, 0.29) is 11.4 Å². The third-order valence-electron chi connectivity index (χ3n) is 6.40. The van der Waals surface area contributed by atoms with E-state index >= 15 is 0 Å². The van der Waals surface area contributed by atoms with Gasteiger partial charge in [0.2, 0.25) is 0 Å². The SMILES string of the molecule is O=C(Nc1ccc2oc(N3CCCCC34COC4)nc2c1)c1ccc2c(c1)CCO2. The van der Waals surface area contributed by atoms with Crippen LogP contribution in [0.5, 0.6) is 5.75 Å². The second-order valence-corrected chi connectivity index (χ2v) is 8.38. The summed E-state index contributed by atoms with van der Waals surface area (Å²) in [4.78, 5) is 19.7. The molecule has 1 amide bonds. The van der Waals surface area contributed by atoms with Crippen molar-refractivity contribution in [3.8, 4) is 5.75 Å². The van der Waals surface area contributed by atoms with Crippen molar-refractivity contribution in [2.45, 2.75) is 31.2 Å². The molecule has 30 heavy (non-hydrogen) atoms. The number of oxazole rings is 1. The van der Waals surface area contributed by atoms with Crippen LogP contribution in [0.25, 0.3) is 11.1 Å². The van der Waals surface area contributed by atoms with Gasteiger partial charge >= 0.3 is 0 Å². The summed E-state index contributed by atoms with van der Waals surface area (Å²) < 4.78 is 17.1. The number of nitrogens with zero attached hydrogens (tertiary/aromatic N) is 2. The maximum atomic E-state index is 12.7. The minimum Gasteiger partial charge on any atom is -0.493 e. The zero-order valence-electron chi connectivity index (χ0n) is 16.6. The number of benzene rings is 2. The standard InChI is InChI=1S/C23H23N3O4/c27-21(16-3-5-19-15(11-16)7-10-29-19)24-17-4-6-20-18(12-17)25-22(30-20)26-9-2-1-8-23(26)13-28-14-23/h3-6,11-12H,1-2,7-10,13-14H2,(H,24,27). The van der Waals surface area contributed by atoms with Gasteiger partial charge in [-0.3, -0.25) is 4.79 Å². The van der Waals surface area contributed by atoms with E-state index in [2.05, 4.69) is 10.2 Å². The van der Waals surface area contributed by atoms with Crippen LogP contribution < -0.4 is 15.0 Å². The number of aromatic nitrogens is 1. The third-order valence-corrected chi connectivity index (χ3v) is 6.40. The predicted molar refractivity (Wildman–Crippen MR) is 112 cm³/mol. The maximum absolute atomic E-state index is 12.7. The Labute approximate surface area is 174 Å². The number of hydrogen-bond donors (Lipinski definition) is 1. The second kappa shape index (κ2) is 6.74. The highest BCUT2D eigenvalue weighted by Crippen LogP contribution is 2.39. The first-order valence-electron chi connectivity index (χ1n) is 10.5. The fourth-order valence-electron chi connectivity index (χ4n) is 4.67. The largest absolute Gasteiger partial charge is 0.493 e. The van der Waals surface area contributed by atoms with Gasteiger partial charge in [0.05, 0.1) is 25.4 Å². The molecule has 3 aliphatic heterocycles. The van der Waals surface area contributed by atoms with Gasteiger partial charge in [-0.1, -0.05) is 0 Å². The number of nitrogens with one attached hydrogen (secondary N) is 1. The first-order valence-corrected chi connectivity index (χ1v) is 10.5. The summed E-state index contributed by atoms with van der Waals surface area (Å²) in [5.41, 5.74) is 3.90. The number of rotatable bonds is 3. The van der Waals surface area contributed by atoms with Crippen molar-refractivity contribution in [1.29, 1.82) is 0 Å². The van der Waals surface area contributed by atoms with Gasteiger partial charge in [0.1, 0.15) is 11.3 Å². The van der Waals surface area contributed by atoms with E-state index in [1.165, 1.54) is 6.42 Å². The van der Waals surface area contributed by atoms with Crippen molar-refractivity contribution >= 4 is 28.7 Å². The molecule has 0 atom stereocenters. The van der Waals surface area contributed by atoms with E-state index in [4.69, 9.17) is 18.9 Å². The van der Waals surface area contributed by atoms with Crippen molar-refractivity contribution in [2.75, 3.05) is 36.6 Å². The van der Waals surface area contributed by atoms with E-state index in [0.29, 0.717) is 23.9 Å². The summed E-state index contributed by atoms with van der Waals surface area (Å²) in [5.74, 6) is 0.727. The molecule has 0 aliphatic carbocycles. The molecule has 7 heteroatoms. The Balaban J connectivity index is 1.24. The second-order valence-electron chi connectivity index (χ2n) is 8.38. The van der Waals surface area contributed by atoms with Crippen molar-refractivity contribution in [1.82, 2.24) is 4.98 Å². The van der Waals surface area contributed by atoms with E-state index in [1.807, 2.05) is 30.3 Å². The molecule has 3 aromatic rings. The average molecular weight is 405 g/mol. The fourth-order valence-corrected chi connectivity index (χ4v) is 4.67. The predicted octanol–water partition coefficient (Wildman–Crippen LogP) is 3.77. The highest BCUT2D eigenvalue weighted by atomic mass is 16.5. The number of carbonyl (C=O) groups excluding carboxylic acids is 1. The lowest BCUT2D eigenvalue weighted by Crippen LogP contribution is -2.64. The normalized spacial score (nSPS) is 19.4. The number of hydrogen-bond acceptors (Lipinski definition) is 6. The summed E-state index contributed by atoms with van der Waals surface area (Å²) in [6.45, 7) is 3.08. The molecule has 1 N–H and O–H groups in total. The topological polar surface area (TPSA) is 76.8 Å². The number of ether oxygens (including phenoxy) is 2. The van der Waals surface area contributed by atoms with Crippen LogP contribution in [0.15, 0.2) is 40.8 Å². The van der Waals surface area contributed by atoms with Gasteiger partial charge in [-0.05, 0) is 61.2 Å². The van der Waals surface area contributed by atoms with E-state index in [0.717, 1.165) is 61.4 Å². The summed E-state index contributed by atoms with van der Waals surface area (Å²) in [5, 5.41) is 2.97. The Morgan fingerprint density at radius 1 is 1.13 bits per heavy atom. The Morgan fingerprint density at radius 2 is 2.07 bits per heavy atom. The zero-order valence-corrected chi connectivity index (χ0v) is 16.6. The zero-order chi connectivity index (χ0) is 20.1. The summed E-state index contributed by atoms with van der Waals surface area (Å²) >= 11 is 0. The summed E-state index contributed by atoms with van der Waals surface area (Å²) in [6, 6.07) is 11.8. The van der Waals surface area contributed by atoms with Crippen molar-refractivity contribution < 1.29 is 18.7 Å². The molecule has 154 valence electrons. The first kappa shape index (κ1) is 17.8. The molecule has 2 saturated heterocycles. The molecule has 3 aliphatic rings. The van der Waals surface area contributed by atoms with E-state index in [9.17, 15) is 4.79 Å². The lowest BCUT2D eigenvalue weighted by molar-refractivity contribution is -0.0701. The molecule has 2 aromatic carbocycles. The molecule has 1 spiro atoms. The Hall–Kier alpha value is -3.06. The third kappa shape index (κ3) is 2.84. The highest BCUT2D eigenvalue weighted by molar-refractivity contribution is 6.05. The van der Waals surface area contributed by atoms with Gasteiger partial charge in [0, 0.05) is 24.2 Å². The van der Waals surface area contributed by atoms with Crippen LogP contribution in [-0.2, 0) is 11.2 Å². The lowest BCUT2D eigenvalue weighted by atomic mass is 9.85. The Kier molecular flexibility index (Phi) is 3.99. The van der Waals surface area contributed by atoms with E-state index < -0.39 is 0 Å². The summed E-state index contributed by atoms with van der Waals surface area (Å²) in [6.07, 6.45) is 4.30. The number of amides is 1. The first-order chi connectivity index (χ1) is 14.7. The lowest BCUT2D eigenvalue weighted by Gasteiger charge is -2.51. The van der Waals surface area contributed by atoms with Crippen LogP contribution in [0.3, 0.4) is 0 Å². The number of piperidine rings is 1. The van der Waals surface area contributed by atoms with Crippen LogP contribution in [0, 0.1) is 0 Å². The summed E-state index contributed by atoms with van der Waals surface area (Å²) in [7, 11) is 0. The molecule has 6 rings (SSSR count). The van der Waals surface area contributed by atoms with Crippen LogP contribution in [0.4, 0.5) is 11.7 Å². The highest BCUT2D eigenvalue weighted by Gasteiger charge is 2.47. The van der Waals surface area contributed by atoms with Crippen molar-refractivity contribution in [3.63, 3.8) is 0 Å². The molecule has 2 fully saturated rings. The van der Waals surface area contributed by atoms with Crippen LogP contribution in [-0.4, -0.2) is 42.8 Å². The number of fused-ring (bicyclic) bond motifs is 2. The van der Waals surface area contributed by atoms with Gasteiger partial charge in [0.25, 0.3) is 11.9 Å². The quantitative estimate of drug-likeness (QED) is 0.715. The molecule has 0 radical (unpaired) electrons. The average Bonchev–Trinajstić information content (AvgIpc) is 3.38. The fraction of sp³-hybridized carbons (Fsp3) is 0.391. The number of anilines is 2. The van der Waals surface area contributed by atoms with E-state index in [1.54, 1.807) is 6.07 Å². The number of carbonyl (C=O) groups is 1. The Morgan fingerprint density at radius 3 is 2.93 bits per heavy atom. The molecule has 0 bridgehead atoms. The van der Waals surface area contributed by atoms with Gasteiger partial charge in [-0.2, -0.15) is 4.98 Å². The van der Waals surface area contributed by atoms with Gasteiger partial charge in [-0.25, -0.2) is 0 Å². The molecule has 4 heterocycles. The molecular weight excluding hydrogens is 382 g/mol. The smallest absolute Gasteiger partial charge is 0.299 e. The molecular formula is C23H23N3O4. The molecule has 1 aromatic heterocycles. The van der Waals surface area contributed by atoms with Gasteiger partial charge < -0.3 is 24.1 Å². The monoisotopic (exact) mass is 405 g/mol. The van der Waals surface area contributed by atoms with Crippen LogP contribution in [0.2, 0.25) is 0 Å². The molecule has 0 saturated carbocycles. The van der Waals surface area contributed by atoms with Crippen molar-refractivity contribution in [2.24, 2.45) is 0 Å². The van der Waals surface area contributed by atoms with Crippen LogP contribution in [0.1, 0.15) is 35.2 Å². The minimum absolute atomic E-state index is 0.0352. The molecule has 7 nitrogen and oxygen atoms in total. The Bertz CT molecular complexity index is 1130. The van der Waals surface area contributed by atoms with Crippen LogP contribution >= 0.6 is 0 Å². The van der Waals surface area contributed by atoms with Crippen molar-refractivity contribution in [3.05, 3.63) is 47.5 Å². The molecule has 0 unspecified atom stereocenters. The van der Waals surface area contributed by atoms with Gasteiger partial charge in [-0.15, -0.1) is 0 Å². The minimum atomic E-state index is -0.144. The maximum Gasteiger partial charge on any atom is 0.299 e. The van der Waals surface area contributed by atoms with Gasteiger partial charge in [0.15, 0.2) is 5.58 Å².